The summed E-state index contributed by atoms with van der Waals surface area (Å²) in [6.45, 7) is 0.263. The monoisotopic (exact) mass is 358 g/mol. The number of fused-ring (bicyclic) bond motifs is 1. The summed E-state index contributed by atoms with van der Waals surface area (Å²) in [5.41, 5.74) is 9.28. The summed E-state index contributed by atoms with van der Waals surface area (Å²) in [6, 6.07) is 16.5. The van der Waals surface area contributed by atoms with Gasteiger partial charge >= 0.3 is 0 Å². The summed E-state index contributed by atoms with van der Waals surface area (Å²) in [5.74, 6) is 1.38. The maximum atomic E-state index is 12.8. The van der Waals surface area contributed by atoms with Crippen molar-refractivity contribution >= 4 is 17.5 Å². The maximum absolute atomic E-state index is 12.8. The first-order valence-corrected chi connectivity index (χ1v) is 8.61. The van der Waals surface area contributed by atoms with Crippen LogP contribution in [0.1, 0.15) is 27.2 Å². The third-order valence-corrected chi connectivity index (χ3v) is 4.31. The van der Waals surface area contributed by atoms with Crippen molar-refractivity contribution in [2.45, 2.75) is 6.42 Å². The topological polar surface area (TPSA) is 74.4 Å². The first-order valence-electron chi connectivity index (χ1n) is 8.61. The lowest BCUT2D eigenvalue weighted by atomic mass is 9.99. The molecule has 1 aliphatic rings. The number of nitrogens with zero attached hydrogens (tertiary/aromatic N) is 1. The van der Waals surface area contributed by atoms with Crippen LogP contribution >= 0.6 is 0 Å². The summed E-state index contributed by atoms with van der Waals surface area (Å²) in [7, 11) is 0. The predicted octanol–water partition coefficient (Wildman–Crippen LogP) is 3.88. The number of hydrogen-bond donors (Lipinski definition) is 1. The molecule has 0 saturated carbocycles. The molecule has 5 nitrogen and oxygen atoms in total. The summed E-state index contributed by atoms with van der Waals surface area (Å²) >= 11 is 0. The van der Waals surface area contributed by atoms with Crippen molar-refractivity contribution in [2.24, 2.45) is 0 Å². The molecule has 0 fully saturated rings. The first-order chi connectivity index (χ1) is 13.2. The molecular weight excluding hydrogens is 340 g/mol. The van der Waals surface area contributed by atoms with Crippen molar-refractivity contribution in [1.82, 2.24) is 4.98 Å². The van der Waals surface area contributed by atoms with Gasteiger partial charge in [0.2, 0.25) is 12.6 Å². The molecule has 5 heteroatoms. The van der Waals surface area contributed by atoms with Crippen molar-refractivity contribution in [3.05, 3.63) is 89.3 Å². The van der Waals surface area contributed by atoms with Crippen LogP contribution in [0.4, 0.5) is 5.69 Å². The third-order valence-electron chi connectivity index (χ3n) is 4.31. The van der Waals surface area contributed by atoms with E-state index in [4.69, 9.17) is 15.2 Å². The predicted molar refractivity (Wildman–Crippen MR) is 104 cm³/mol. The minimum Gasteiger partial charge on any atom is -0.454 e. The van der Waals surface area contributed by atoms with Crippen LogP contribution in [0.3, 0.4) is 0 Å². The number of hydrogen-bond acceptors (Lipinski definition) is 5. The third kappa shape index (κ3) is 3.67. The Labute approximate surface area is 157 Å². The number of rotatable bonds is 5. The normalized spacial score (nSPS) is 12.4. The minimum absolute atomic E-state index is 0.148. The Hall–Kier alpha value is -3.60. The Morgan fingerprint density at radius 1 is 1.07 bits per heavy atom. The van der Waals surface area contributed by atoms with E-state index in [1.165, 1.54) is 0 Å². The van der Waals surface area contributed by atoms with E-state index in [1.54, 1.807) is 36.5 Å². The lowest BCUT2D eigenvalue weighted by Crippen LogP contribution is -2.06. The van der Waals surface area contributed by atoms with Crippen LogP contribution in [0.2, 0.25) is 0 Å². The van der Waals surface area contributed by atoms with Crippen molar-refractivity contribution in [3.63, 3.8) is 0 Å². The highest BCUT2D eigenvalue weighted by Gasteiger charge is 2.14. The molecular formula is C22H18N2O3. The van der Waals surface area contributed by atoms with Gasteiger partial charge in [0.25, 0.3) is 0 Å². The lowest BCUT2D eigenvalue weighted by molar-refractivity contribution is 0.103. The standard InChI is InChI=1S/C22H18N2O3/c23-17-9-8-16(18(13-17)22(25)19-6-1-2-11-24-19)5-3-4-15-7-10-20-21(12-15)27-14-26-20/h1-3,5-13H,4,14,23H2/b5-3+. The van der Waals surface area contributed by atoms with Crippen LogP contribution in [0.25, 0.3) is 6.08 Å². The molecule has 3 aromatic rings. The lowest BCUT2D eigenvalue weighted by Gasteiger charge is -2.07. The molecule has 134 valence electrons. The molecule has 2 aromatic carbocycles. The molecule has 0 spiro atoms. The highest BCUT2D eigenvalue weighted by atomic mass is 16.7. The van der Waals surface area contributed by atoms with E-state index in [-0.39, 0.29) is 12.6 Å². The van der Waals surface area contributed by atoms with Gasteiger partial charge in [0, 0.05) is 17.4 Å². The molecule has 0 bridgehead atoms. The summed E-state index contributed by atoms with van der Waals surface area (Å²) in [6.07, 6.45) is 6.26. The number of pyridine rings is 1. The number of benzene rings is 2. The van der Waals surface area contributed by atoms with Crippen molar-refractivity contribution < 1.29 is 14.3 Å². The van der Waals surface area contributed by atoms with Crippen molar-refractivity contribution in [3.8, 4) is 11.5 Å². The fraction of sp³-hybridized carbons (Fsp3) is 0.0909. The fourth-order valence-electron chi connectivity index (χ4n) is 2.94. The van der Waals surface area contributed by atoms with Gasteiger partial charge in [0.15, 0.2) is 11.5 Å². The zero-order valence-corrected chi connectivity index (χ0v) is 14.6. The zero-order chi connectivity index (χ0) is 18.6. The second kappa shape index (κ2) is 7.33. The van der Waals surface area contributed by atoms with Gasteiger partial charge in [-0.3, -0.25) is 9.78 Å². The van der Waals surface area contributed by atoms with Gasteiger partial charge in [0.1, 0.15) is 5.69 Å². The van der Waals surface area contributed by atoms with E-state index >= 15 is 0 Å². The zero-order valence-electron chi connectivity index (χ0n) is 14.6. The molecule has 1 aromatic heterocycles. The molecule has 4 rings (SSSR count). The number of carbonyl (C=O) groups is 1. The molecule has 0 atom stereocenters. The van der Waals surface area contributed by atoms with E-state index in [0.717, 1.165) is 22.6 Å². The largest absolute Gasteiger partial charge is 0.454 e. The molecule has 0 aliphatic carbocycles. The molecule has 0 amide bonds. The number of nitrogen functional groups attached to an aromatic ring is 1. The van der Waals surface area contributed by atoms with Gasteiger partial charge in [-0.05, 0) is 53.9 Å². The number of nitrogens with two attached hydrogens (primary N) is 1. The van der Waals surface area contributed by atoms with E-state index < -0.39 is 0 Å². The highest BCUT2D eigenvalue weighted by Crippen LogP contribution is 2.32. The van der Waals surface area contributed by atoms with Gasteiger partial charge < -0.3 is 15.2 Å². The van der Waals surface area contributed by atoms with E-state index in [0.29, 0.717) is 23.4 Å². The Morgan fingerprint density at radius 3 is 2.81 bits per heavy atom. The van der Waals surface area contributed by atoms with Gasteiger partial charge in [-0.1, -0.05) is 30.4 Å². The maximum Gasteiger partial charge on any atom is 0.231 e. The quantitative estimate of drug-likeness (QED) is 0.553. The smallest absolute Gasteiger partial charge is 0.231 e. The number of aromatic nitrogens is 1. The Bertz CT molecular complexity index is 1010. The van der Waals surface area contributed by atoms with E-state index in [2.05, 4.69) is 4.98 Å². The van der Waals surface area contributed by atoms with Crippen LogP contribution in [0.5, 0.6) is 11.5 Å². The molecule has 27 heavy (non-hydrogen) atoms. The number of ether oxygens (including phenoxy) is 2. The molecule has 2 heterocycles. The fourth-order valence-corrected chi connectivity index (χ4v) is 2.94. The number of allylic oxidation sites excluding steroid dienone is 1. The van der Waals surface area contributed by atoms with Crippen LogP contribution in [0, 0.1) is 0 Å². The van der Waals surface area contributed by atoms with Gasteiger partial charge in [0.05, 0.1) is 0 Å². The molecule has 0 radical (unpaired) electrons. The highest BCUT2D eigenvalue weighted by molar-refractivity contribution is 6.10. The minimum atomic E-state index is -0.148. The van der Waals surface area contributed by atoms with Crippen molar-refractivity contribution in [2.75, 3.05) is 12.5 Å². The first kappa shape index (κ1) is 16.8. The molecule has 1 aliphatic heterocycles. The SMILES string of the molecule is Nc1ccc(/C=C/Cc2ccc3c(c2)OCO3)c(C(=O)c2ccccn2)c1. The molecule has 0 saturated heterocycles. The molecule has 0 unspecified atom stereocenters. The Kier molecular flexibility index (Phi) is 4.58. The van der Waals surface area contributed by atoms with Crippen LogP contribution < -0.4 is 15.2 Å². The Morgan fingerprint density at radius 2 is 1.96 bits per heavy atom. The van der Waals surface area contributed by atoms with Crippen LogP contribution in [0.15, 0.2) is 66.9 Å². The summed E-state index contributed by atoms with van der Waals surface area (Å²) in [5, 5.41) is 0. The molecule has 2 N–H and O–H groups in total. The average molecular weight is 358 g/mol. The summed E-state index contributed by atoms with van der Waals surface area (Å²) < 4.78 is 10.7. The number of anilines is 1. The number of carbonyl (C=O) groups excluding carboxylic acids is 1. The van der Waals surface area contributed by atoms with Gasteiger partial charge in [-0.25, -0.2) is 0 Å². The van der Waals surface area contributed by atoms with E-state index in [9.17, 15) is 4.79 Å². The summed E-state index contributed by atoms with van der Waals surface area (Å²) in [4.78, 5) is 16.9. The van der Waals surface area contributed by atoms with Crippen LogP contribution in [-0.4, -0.2) is 17.6 Å². The second-order valence-corrected chi connectivity index (χ2v) is 6.18. The number of ketones is 1. The van der Waals surface area contributed by atoms with Gasteiger partial charge in [-0.2, -0.15) is 0 Å². The van der Waals surface area contributed by atoms with Crippen molar-refractivity contribution in [1.29, 1.82) is 0 Å². The second-order valence-electron chi connectivity index (χ2n) is 6.18. The van der Waals surface area contributed by atoms with Crippen LogP contribution in [-0.2, 0) is 6.42 Å². The Balaban J connectivity index is 1.57. The van der Waals surface area contributed by atoms with Gasteiger partial charge in [-0.15, -0.1) is 0 Å². The van der Waals surface area contributed by atoms with E-state index in [1.807, 2.05) is 36.4 Å². The average Bonchev–Trinajstić information content (AvgIpc) is 3.17.